The van der Waals surface area contributed by atoms with Crippen LogP contribution in [0, 0.1) is 16.5 Å². The van der Waals surface area contributed by atoms with E-state index >= 15 is 0 Å². The second-order valence-electron chi connectivity index (χ2n) is 6.07. The van der Waals surface area contributed by atoms with Gasteiger partial charge in [-0.15, -0.1) is 0 Å². The Balaban J connectivity index is 2.17. The molecular weight excluding hydrogens is 286 g/mol. The first-order chi connectivity index (χ1) is 10.5. The van der Waals surface area contributed by atoms with Crippen LogP contribution in [0.1, 0.15) is 45.4 Å². The van der Waals surface area contributed by atoms with Crippen LogP contribution in [-0.2, 0) is 19.1 Å². The first-order valence-corrected chi connectivity index (χ1v) is 7.80. The fourth-order valence-corrected chi connectivity index (χ4v) is 3.87. The molecule has 0 saturated heterocycles. The van der Waals surface area contributed by atoms with E-state index in [0.29, 0.717) is 4.90 Å². The zero-order valence-electron chi connectivity index (χ0n) is 13.5. The van der Waals surface area contributed by atoms with Gasteiger partial charge in [-0.25, -0.2) is 4.79 Å². The van der Waals surface area contributed by atoms with Gasteiger partial charge in [0, 0.05) is 30.4 Å². The number of carbonyl (C=O) groups excluding carboxylic acids is 1. The van der Waals surface area contributed by atoms with Gasteiger partial charge in [-0.2, -0.15) is 0 Å². The number of hydrogen-bond donors (Lipinski definition) is 0. The maximum atomic E-state index is 11.9. The van der Waals surface area contributed by atoms with Crippen molar-refractivity contribution in [1.29, 1.82) is 0 Å². The number of methoxy groups -OCH3 is 2. The molecule has 0 unspecified atom stereocenters. The molecule has 1 aliphatic heterocycles. The third-order valence-corrected chi connectivity index (χ3v) is 4.98. The third-order valence-electron chi connectivity index (χ3n) is 4.98. The van der Waals surface area contributed by atoms with Gasteiger partial charge in [0.1, 0.15) is 0 Å². The largest absolute Gasteiger partial charge is 0.466 e. The molecular formula is C16H25NO5. The maximum Gasteiger partial charge on any atom is 0.330 e. The summed E-state index contributed by atoms with van der Waals surface area (Å²) in [7, 11) is 2.94. The van der Waals surface area contributed by atoms with Gasteiger partial charge in [0.25, 0.3) is 0 Å². The van der Waals surface area contributed by atoms with Gasteiger partial charge < -0.3 is 14.3 Å². The average Bonchev–Trinajstić information content (AvgIpc) is 2.54. The highest BCUT2D eigenvalue weighted by molar-refractivity contribution is 5.82. The Bertz CT molecular complexity index is 473. The lowest BCUT2D eigenvalue weighted by Crippen LogP contribution is -2.54. The molecule has 0 aromatic heterocycles. The monoisotopic (exact) mass is 311 g/mol. The van der Waals surface area contributed by atoms with Crippen LogP contribution in [-0.4, -0.2) is 37.1 Å². The number of nitrogens with zero attached hydrogens (tertiary/aromatic N) is 1. The van der Waals surface area contributed by atoms with Crippen LogP contribution in [0.4, 0.5) is 0 Å². The van der Waals surface area contributed by atoms with Crippen molar-refractivity contribution in [3.8, 4) is 0 Å². The van der Waals surface area contributed by atoms with Crippen LogP contribution in [0.15, 0.2) is 12.2 Å². The molecule has 3 atom stereocenters. The van der Waals surface area contributed by atoms with Crippen LogP contribution in [0.3, 0.4) is 0 Å². The molecule has 0 bridgehead atoms. The maximum absolute atomic E-state index is 11.9. The minimum Gasteiger partial charge on any atom is -0.466 e. The molecule has 0 radical (unpaired) electrons. The topological polar surface area (TPSA) is 70.8 Å². The molecule has 6 nitrogen and oxygen atoms in total. The summed E-state index contributed by atoms with van der Waals surface area (Å²) in [6, 6.07) is 0. The quantitative estimate of drug-likeness (QED) is 0.443. The highest BCUT2D eigenvalue weighted by Gasteiger charge is 2.53. The van der Waals surface area contributed by atoms with Gasteiger partial charge in [0.05, 0.1) is 13.0 Å². The van der Waals surface area contributed by atoms with Crippen LogP contribution in [0.25, 0.3) is 0 Å². The first-order valence-electron chi connectivity index (χ1n) is 7.80. The van der Waals surface area contributed by atoms with Gasteiger partial charge in [0.15, 0.2) is 6.29 Å². The van der Waals surface area contributed by atoms with E-state index < -0.39 is 6.29 Å². The SMILES string of the molecule is COC(=O)/C=C/CC[C@@]12CCCC[C@H]1C(C)=[N+]([O-])O[C@@H]2OC. The molecule has 22 heavy (non-hydrogen) atoms. The first kappa shape index (κ1) is 16.8. The fourth-order valence-electron chi connectivity index (χ4n) is 3.87. The number of rotatable bonds is 5. The summed E-state index contributed by atoms with van der Waals surface area (Å²) in [5.74, 6) is -0.182. The van der Waals surface area contributed by atoms with Gasteiger partial charge >= 0.3 is 5.97 Å². The third kappa shape index (κ3) is 3.11. The lowest BCUT2D eigenvalue weighted by atomic mass is 9.61. The molecule has 0 aromatic carbocycles. The van der Waals surface area contributed by atoms with E-state index in [1.165, 1.54) is 13.2 Å². The molecule has 0 N–H and O–H groups in total. The number of allylic oxidation sites excluding steroid dienone is 1. The van der Waals surface area contributed by atoms with E-state index in [4.69, 9.17) is 9.57 Å². The average molecular weight is 311 g/mol. The molecule has 1 fully saturated rings. The summed E-state index contributed by atoms with van der Waals surface area (Å²) >= 11 is 0. The fraction of sp³-hybridized carbons (Fsp3) is 0.750. The van der Waals surface area contributed by atoms with Gasteiger partial charge in [0.2, 0.25) is 5.71 Å². The molecule has 1 aliphatic carbocycles. The lowest BCUT2D eigenvalue weighted by molar-refractivity contribution is -0.780. The van der Waals surface area contributed by atoms with Crippen molar-refractivity contribution >= 4 is 11.7 Å². The lowest BCUT2D eigenvalue weighted by Gasteiger charge is -2.50. The van der Waals surface area contributed by atoms with E-state index in [-0.39, 0.29) is 17.3 Å². The Hall–Kier alpha value is -1.56. The number of ether oxygens (including phenoxy) is 2. The van der Waals surface area contributed by atoms with Crippen LogP contribution in [0.2, 0.25) is 0 Å². The number of hydrogen-bond acceptors (Lipinski definition) is 5. The van der Waals surface area contributed by atoms with Gasteiger partial charge in [-0.1, -0.05) is 18.9 Å². The Kier molecular flexibility index (Phi) is 5.45. The minimum atomic E-state index is -0.537. The molecule has 0 amide bonds. The minimum absolute atomic E-state index is 0.170. The van der Waals surface area contributed by atoms with Gasteiger partial charge in [-0.3, -0.25) is 5.21 Å². The number of esters is 1. The smallest absolute Gasteiger partial charge is 0.330 e. The van der Waals surface area contributed by atoms with Crippen molar-refractivity contribution in [2.45, 2.75) is 51.7 Å². The number of carbonyl (C=O) groups is 1. The van der Waals surface area contributed by atoms with Crippen molar-refractivity contribution < 1.29 is 24.0 Å². The van der Waals surface area contributed by atoms with E-state index in [0.717, 1.165) is 44.2 Å². The Morgan fingerprint density at radius 1 is 1.50 bits per heavy atom. The Labute approximate surface area is 131 Å². The standard InChI is InChI=1S/C16H25NO5/c1-12-13-8-4-6-10-16(13,15(21-3)22-17(12)19)11-7-5-9-14(18)20-2/h5,9,13,15H,4,6-8,10-11H2,1-3H3/b9-5+/t13-,15-,16-/m0/s1. The molecule has 0 spiro atoms. The second kappa shape index (κ2) is 7.13. The molecule has 124 valence electrons. The highest BCUT2D eigenvalue weighted by atomic mass is 16.9. The summed E-state index contributed by atoms with van der Waals surface area (Å²) in [5, 5.41) is 11.9. The van der Waals surface area contributed by atoms with Crippen molar-refractivity contribution in [3.05, 3.63) is 17.4 Å². The Morgan fingerprint density at radius 3 is 2.95 bits per heavy atom. The summed E-state index contributed by atoms with van der Waals surface area (Å²) in [6.07, 6.45) is 8.43. The molecule has 2 rings (SSSR count). The van der Waals surface area contributed by atoms with E-state index in [9.17, 15) is 10.0 Å². The van der Waals surface area contributed by atoms with E-state index in [2.05, 4.69) is 4.74 Å². The normalized spacial score (nSPS) is 31.8. The van der Waals surface area contributed by atoms with Crippen molar-refractivity contribution in [2.75, 3.05) is 14.2 Å². The molecule has 1 heterocycles. The molecule has 1 saturated carbocycles. The predicted octanol–water partition coefficient (Wildman–Crippen LogP) is 2.56. The summed E-state index contributed by atoms with van der Waals surface area (Å²) < 4.78 is 10.1. The summed E-state index contributed by atoms with van der Waals surface area (Å²) in [6.45, 7) is 1.84. The van der Waals surface area contributed by atoms with Crippen molar-refractivity contribution in [2.24, 2.45) is 11.3 Å². The summed E-state index contributed by atoms with van der Waals surface area (Å²) in [4.78, 5) is 17.2. The molecule has 2 aliphatic rings. The molecule has 0 aromatic rings. The predicted molar refractivity (Wildman–Crippen MR) is 81.0 cm³/mol. The van der Waals surface area contributed by atoms with Crippen molar-refractivity contribution in [3.63, 3.8) is 0 Å². The van der Waals surface area contributed by atoms with E-state index in [1.54, 1.807) is 7.11 Å². The number of fused-ring (bicyclic) bond motifs is 1. The van der Waals surface area contributed by atoms with Crippen LogP contribution >= 0.6 is 0 Å². The zero-order valence-corrected chi connectivity index (χ0v) is 13.5. The van der Waals surface area contributed by atoms with Crippen LogP contribution in [0.5, 0.6) is 0 Å². The van der Waals surface area contributed by atoms with Crippen molar-refractivity contribution in [1.82, 2.24) is 0 Å². The summed E-state index contributed by atoms with van der Waals surface area (Å²) in [5.41, 5.74) is 0.531. The van der Waals surface area contributed by atoms with E-state index in [1.807, 2.05) is 13.0 Å². The van der Waals surface area contributed by atoms with Crippen LogP contribution < -0.4 is 0 Å². The highest BCUT2D eigenvalue weighted by Crippen LogP contribution is 2.51. The second-order valence-corrected chi connectivity index (χ2v) is 6.07. The Morgan fingerprint density at radius 2 is 2.27 bits per heavy atom. The van der Waals surface area contributed by atoms with Gasteiger partial charge in [-0.05, 0) is 25.7 Å². The molecule has 6 heteroatoms. The zero-order chi connectivity index (χ0) is 16.2.